The first-order valence-electron chi connectivity index (χ1n) is 9.98. The average Bonchev–Trinajstić information content (AvgIpc) is 3.21. The highest BCUT2D eigenvalue weighted by molar-refractivity contribution is 8.76. The van der Waals surface area contributed by atoms with Crippen LogP contribution in [0.25, 0.3) is 0 Å². The third-order valence-corrected chi connectivity index (χ3v) is 8.18. The summed E-state index contributed by atoms with van der Waals surface area (Å²) in [6, 6.07) is 0.467. The maximum absolute atomic E-state index is 11.9. The third-order valence-electron chi connectivity index (χ3n) is 4.86. The Bertz CT molecular complexity index is 524. The quantitative estimate of drug-likeness (QED) is 0.185. The second kappa shape index (κ2) is 13.5. The maximum Gasteiger partial charge on any atom is 0.315 e. The predicted octanol–water partition coefficient (Wildman–Crippen LogP) is 2.13. The van der Waals surface area contributed by atoms with Gasteiger partial charge in [-0.3, -0.25) is 9.59 Å². The minimum absolute atomic E-state index is 0.0474. The molecule has 0 aromatic carbocycles. The minimum Gasteiger partial charge on any atom is -0.356 e. The highest BCUT2D eigenvalue weighted by Gasteiger charge is 2.42. The lowest BCUT2D eigenvalue weighted by Gasteiger charge is -2.16. The molecular weight excluding hydrogens is 416 g/mol. The van der Waals surface area contributed by atoms with E-state index in [4.69, 9.17) is 0 Å². The summed E-state index contributed by atoms with van der Waals surface area (Å²) < 4.78 is 0. The van der Waals surface area contributed by atoms with Gasteiger partial charge in [0.15, 0.2) is 0 Å². The van der Waals surface area contributed by atoms with Gasteiger partial charge in [0.2, 0.25) is 11.8 Å². The second-order valence-electron chi connectivity index (χ2n) is 7.01. The molecule has 2 fully saturated rings. The second-order valence-corrected chi connectivity index (χ2v) is 11.0. The summed E-state index contributed by atoms with van der Waals surface area (Å²) in [4.78, 5) is 34.8. The molecule has 7 nitrogen and oxygen atoms in total. The molecule has 28 heavy (non-hydrogen) atoms. The van der Waals surface area contributed by atoms with Crippen molar-refractivity contribution in [3.05, 3.63) is 0 Å². The maximum atomic E-state index is 11.9. The van der Waals surface area contributed by atoms with Crippen molar-refractivity contribution < 1.29 is 14.4 Å². The smallest absolute Gasteiger partial charge is 0.315 e. The first kappa shape index (κ1) is 23.5. The fraction of sp³-hybridized carbons (Fsp3) is 0.833. The molecular formula is C18H32N4O3S3. The molecule has 3 unspecified atom stereocenters. The Hall–Kier alpha value is -0.740. The van der Waals surface area contributed by atoms with E-state index in [-0.39, 0.29) is 29.9 Å². The van der Waals surface area contributed by atoms with E-state index in [1.165, 1.54) is 0 Å². The lowest BCUT2D eigenvalue weighted by atomic mass is 10.0. The molecule has 0 spiro atoms. The molecule has 10 heteroatoms. The van der Waals surface area contributed by atoms with Gasteiger partial charge in [0.1, 0.15) is 0 Å². The highest BCUT2D eigenvalue weighted by atomic mass is 33.1. The van der Waals surface area contributed by atoms with Gasteiger partial charge < -0.3 is 21.3 Å². The normalized spacial score (nSPS) is 23.0. The van der Waals surface area contributed by atoms with Crippen molar-refractivity contribution in [2.45, 2.75) is 62.3 Å². The molecule has 4 N–H and O–H groups in total. The molecule has 4 amide bonds. The van der Waals surface area contributed by atoms with Crippen molar-refractivity contribution in [3.8, 4) is 0 Å². The van der Waals surface area contributed by atoms with Crippen LogP contribution in [0, 0.1) is 0 Å². The lowest BCUT2D eigenvalue weighted by molar-refractivity contribution is -0.122. The van der Waals surface area contributed by atoms with E-state index in [0.29, 0.717) is 31.2 Å². The van der Waals surface area contributed by atoms with Crippen LogP contribution in [0.3, 0.4) is 0 Å². The molecule has 2 saturated heterocycles. The molecule has 2 heterocycles. The molecule has 0 radical (unpaired) electrons. The van der Waals surface area contributed by atoms with Crippen LogP contribution in [-0.4, -0.2) is 66.0 Å². The summed E-state index contributed by atoms with van der Waals surface area (Å²) in [5, 5.41) is 12.3. The van der Waals surface area contributed by atoms with E-state index in [1.54, 1.807) is 21.6 Å². The highest BCUT2D eigenvalue weighted by Crippen LogP contribution is 2.33. The molecule has 160 valence electrons. The van der Waals surface area contributed by atoms with Crippen molar-refractivity contribution in [1.29, 1.82) is 0 Å². The van der Waals surface area contributed by atoms with E-state index in [9.17, 15) is 14.4 Å². The van der Waals surface area contributed by atoms with Gasteiger partial charge in [-0.25, -0.2) is 4.79 Å². The molecule has 2 rings (SSSR count). The molecule has 3 atom stereocenters. The molecule has 2 aliphatic rings. The zero-order valence-corrected chi connectivity index (χ0v) is 18.9. The Morgan fingerprint density at radius 3 is 2.50 bits per heavy atom. The van der Waals surface area contributed by atoms with Gasteiger partial charge >= 0.3 is 6.03 Å². The van der Waals surface area contributed by atoms with E-state index in [0.717, 1.165) is 43.6 Å². The number of unbranched alkanes of at least 4 members (excludes halogenated alkanes) is 2. The van der Waals surface area contributed by atoms with Crippen molar-refractivity contribution in [3.63, 3.8) is 0 Å². The number of urea groups is 1. The molecule has 0 bridgehead atoms. The molecule has 0 aromatic heterocycles. The Labute approximate surface area is 179 Å². The standard InChI is InChI=1S/C18H32N4O3S3/c1-26-28-11-8-16(24)20-10-5-4-9-19-15(23)7-3-2-6-14-17-13(12-27-14)21-18(25)22-17/h13-14,17H,2-12H2,1H3,(H,19,23)(H,20,24)(H2,21,22,25). The van der Waals surface area contributed by atoms with Crippen LogP contribution in [0.2, 0.25) is 0 Å². The number of hydrogen-bond acceptors (Lipinski definition) is 6. The zero-order chi connectivity index (χ0) is 20.2. The fourth-order valence-corrected chi connectivity index (χ4v) is 6.10. The number of rotatable bonds is 14. The first-order valence-corrected chi connectivity index (χ1v) is 13.8. The number of fused-ring (bicyclic) bond motifs is 1. The van der Waals surface area contributed by atoms with Gasteiger partial charge in [-0.05, 0) is 31.9 Å². The molecule has 0 aromatic rings. The van der Waals surface area contributed by atoms with Crippen molar-refractivity contribution in [1.82, 2.24) is 21.3 Å². The van der Waals surface area contributed by atoms with Crippen LogP contribution in [0.5, 0.6) is 0 Å². The van der Waals surface area contributed by atoms with E-state index in [2.05, 4.69) is 21.3 Å². The topological polar surface area (TPSA) is 99.3 Å². The van der Waals surface area contributed by atoms with Crippen LogP contribution in [0.4, 0.5) is 4.79 Å². The van der Waals surface area contributed by atoms with Crippen molar-refractivity contribution >= 4 is 51.2 Å². The van der Waals surface area contributed by atoms with E-state index in [1.807, 2.05) is 18.0 Å². The lowest BCUT2D eigenvalue weighted by Crippen LogP contribution is -2.36. The van der Waals surface area contributed by atoms with Gasteiger partial charge in [0.25, 0.3) is 0 Å². The number of thioether (sulfide) groups is 1. The largest absolute Gasteiger partial charge is 0.356 e. The Morgan fingerprint density at radius 2 is 1.79 bits per heavy atom. The molecule has 2 aliphatic heterocycles. The fourth-order valence-electron chi connectivity index (χ4n) is 3.37. The summed E-state index contributed by atoms with van der Waals surface area (Å²) in [6.45, 7) is 1.34. The van der Waals surface area contributed by atoms with Gasteiger partial charge in [-0.15, -0.1) is 0 Å². The first-order chi connectivity index (χ1) is 13.6. The summed E-state index contributed by atoms with van der Waals surface area (Å²) in [6.07, 6.45) is 7.80. The Kier molecular flexibility index (Phi) is 11.3. The van der Waals surface area contributed by atoms with Gasteiger partial charge in [-0.1, -0.05) is 28.0 Å². The Balaban J connectivity index is 1.39. The molecule has 0 aliphatic carbocycles. The van der Waals surface area contributed by atoms with Gasteiger partial charge in [0, 0.05) is 42.7 Å². The number of nitrogens with one attached hydrogen (secondary N) is 4. The van der Waals surface area contributed by atoms with E-state index < -0.39 is 0 Å². The SMILES string of the molecule is CSSCCC(=O)NCCCCNC(=O)CCCCC1SCC2NC(=O)NC21. The van der Waals surface area contributed by atoms with Crippen LogP contribution >= 0.6 is 33.3 Å². The van der Waals surface area contributed by atoms with E-state index >= 15 is 0 Å². The predicted molar refractivity (Wildman–Crippen MR) is 120 cm³/mol. The number of hydrogen-bond donors (Lipinski definition) is 4. The zero-order valence-electron chi connectivity index (χ0n) is 16.5. The van der Waals surface area contributed by atoms with Crippen LogP contribution in [0.15, 0.2) is 0 Å². The monoisotopic (exact) mass is 448 g/mol. The summed E-state index contributed by atoms with van der Waals surface area (Å²) in [5.74, 6) is 2.03. The molecule has 0 saturated carbocycles. The van der Waals surface area contributed by atoms with Crippen LogP contribution in [-0.2, 0) is 9.59 Å². The Morgan fingerprint density at radius 1 is 1.07 bits per heavy atom. The minimum atomic E-state index is -0.0474. The number of carbonyl (C=O) groups is 3. The average molecular weight is 449 g/mol. The van der Waals surface area contributed by atoms with Crippen molar-refractivity contribution in [2.24, 2.45) is 0 Å². The number of carbonyl (C=O) groups excluding carboxylic acids is 3. The van der Waals surface area contributed by atoms with Crippen LogP contribution < -0.4 is 21.3 Å². The van der Waals surface area contributed by atoms with Gasteiger partial charge in [0.05, 0.1) is 12.1 Å². The summed E-state index contributed by atoms with van der Waals surface area (Å²) in [5.41, 5.74) is 0. The van der Waals surface area contributed by atoms with Crippen LogP contribution in [0.1, 0.15) is 44.9 Å². The van der Waals surface area contributed by atoms with Crippen molar-refractivity contribution in [2.75, 3.05) is 30.9 Å². The number of amides is 4. The van der Waals surface area contributed by atoms with Gasteiger partial charge in [-0.2, -0.15) is 11.8 Å². The summed E-state index contributed by atoms with van der Waals surface area (Å²) >= 11 is 1.91. The third kappa shape index (κ3) is 8.73. The summed E-state index contributed by atoms with van der Waals surface area (Å²) in [7, 11) is 3.37.